The molecule has 8 aromatic rings. The molecule has 0 saturated carbocycles. The molecule has 2 aromatic heterocycles. The van der Waals surface area contributed by atoms with Gasteiger partial charge in [-0.3, -0.25) is 0 Å². The molecule has 0 radical (unpaired) electrons. The second-order valence-corrected chi connectivity index (χ2v) is 27.3. The molecule has 0 spiro atoms. The summed E-state index contributed by atoms with van der Waals surface area (Å²) in [6, 6.07) is 47.8. The molecule has 0 fully saturated rings. The van der Waals surface area contributed by atoms with Crippen LogP contribution in [0.25, 0.3) is 66.4 Å². The molecule has 6 aromatic carbocycles. The zero-order valence-electron chi connectivity index (χ0n) is 32.4. The van der Waals surface area contributed by atoms with Crippen LogP contribution in [0.3, 0.4) is 0 Å². The largest absolute Gasteiger partial charge is 1.00 e. The van der Waals surface area contributed by atoms with E-state index in [0.29, 0.717) is 11.8 Å². The third-order valence-electron chi connectivity index (χ3n) is 9.33. The number of hydrogen-bond donors (Lipinski definition) is 0. The zero-order chi connectivity index (χ0) is 36.9. The van der Waals surface area contributed by atoms with Crippen molar-refractivity contribution in [3.8, 4) is 44.9 Å². The summed E-state index contributed by atoms with van der Waals surface area (Å²) in [5, 5.41) is 5.06. The molecule has 2 nitrogen and oxygen atoms in total. The number of furan rings is 2. The molecule has 0 aliphatic carbocycles. The van der Waals surface area contributed by atoms with Gasteiger partial charge in [0, 0.05) is 0 Å². The first kappa shape index (κ1) is 43.1. The van der Waals surface area contributed by atoms with Crippen molar-refractivity contribution in [1.82, 2.24) is 0 Å². The SMILES string of the molecule is C[Si](C)=[Hf+2].Cc1ccc(-c2cc3c(-c4ccc(C(C)C)cc4)cccc3[cH-]2)o1.Cc1ccc(-c2cc3c(-c4ccc(C(C)C)cc4)cccc3[cH-]2)o1.[Cl-].[Cl-]. The molecule has 6 heteroatoms. The van der Waals surface area contributed by atoms with Crippen molar-refractivity contribution < 1.29 is 56.6 Å². The minimum atomic E-state index is 0. The Labute approximate surface area is 348 Å². The molecule has 0 aliphatic heterocycles. The Morgan fingerprint density at radius 3 is 1.17 bits per heavy atom. The smallest absolute Gasteiger partial charge is 0.0896 e. The molecule has 0 atom stereocenters. The maximum Gasteiger partial charge on any atom is 0.0896 e. The number of hydrogen-bond acceptors (Lipinski definition) is 2. The first-order chi connectivity index (χ1) is 25.0. The van der Waals surface area contributed by atoms with E-state index in [9.17, 15) is 0 Å². The van der Waals surface area contributed by atoms with Crippen LogP contribution in [0.4, 0.5) is 0 Å². The Hall–Kier alpha value is -3.67. The van der Waals surface area contributed by atoms with E-state index in [1.54, 1.807) is 0 Å². The maximum absolute atomic E-state index is 5.79. The van der Waals surface area contributed by atoms with Crippen molar-refractivity contribution >= 4 is 27.0 Å². The van der Waals surface area contributed by atoms with Crippen molar-refractivity contribution in [2.24, 2.45) is 0 Å². The summed E-state index contributed by atoms with van der Waals surface area (Å²) in [5.74, 6) is 4.87. The van der Waals surface area contributed by atoms with Crippen LogP contribution in [-0.4, -0.2) is 5.49 Å². The van der Waals surface area contributed by atoms with Gasteiger partial charge in [-0.25, -0.2) is 0 Å². The molecule has 0 amide bonds. The predicted molar refractivity (Wildman–Crippen MR) is 220 cm³/mol. The summed E-state index contributed by atoms with van der Waals surface area (Å²) >= 11 is 1.45. The number of fused-ring (bicyclic) bond motifs is 2. The van der Waals surface area contributed by atoms with E-state index < -0.39 is 0 Å². The van der Waals surface area contributed by atoms with E-state index in [1.807, 2.05) is 38.1 Å². The molecule has 8 rings (SSSR count). The molecule has 0 aliphatic rings. The van der Waals surface area contributed by atoms with Crippen molar-refractivity contribution in [1.29, 1.82) is 0 Å². The van der Waals surface area contributed by atoms with Gasteiger partial charge in [-0.05, 0) is 72.2 Å². The Bertz CT molecular complexity index is 2250. The second kappa shape index (κ2) is 19.3. The van der Waals surface area contributed by atoms with Gasteiger partial charge in [-0.1, -0.05) is 123 Å². The average Bonchev–Trinajstić information content (AvgIpc) is 3.94. The summed E-state index contributed by atoms with van der Waals surface area (Å²) < 4.78 is 11.6. The summed E-state index contributed by atoms with van der Waals surface area (Å²) in [7, 11) is 0. The Morgan fingerprint density at radius 2 is 0.870 bits per heavy atom. The van der Waals surface area contributed by atoms with Gasteiger partial charge in [0.25, 0.3) is 0 Å². The van der Waals surface area contributed by atoms with Gasteiger partial charge in [-0.2, -0.15) is 0 Å². The first-order valence-electron chi connectivity index (χ1n) is 18.2. The third kappa shape index (κ3) is 10.3. The van der Waals surface area contributed by atoms with E-state index in [2.05, 4.69) is 150 Å². The molecular formula is C48H48Cl2HfO2Si-2. The number of benzene rings is 4. The van der Waals surface area contributed by atoms with Crippen LogP contribution < -0.4 is 24.8 Å². The molecule has 0 unspecified atom stereocenters. The van der Waals surface area contributed by atoms with Gasteiger partial charge >= 0.3 is 41.6 Å². The van der Waals surface area contributed by atoms with Gasteiger partial charge in [0.1, 0.15) is 0 Å². The molecule has 276 valence electrons. The standard InChI is InChI=1S/2C23H21O.C2H6Si.2ClH.Hf/c2*1-15(2)17-8-10-18(11-9-17)21-6-4-5-19-13-20(14-22(19)21)23-12-7-16(3)24-23;1-3-2;;;/h2*4-15H,1-3H3;1-2H3;2*1H;/q2*-1;;;;+2/p-2. The Morgan fingerprint density at radius 1 is 0.519 bits per heavy atom. The minimum Gasteiger partial charge on any atom is -1.00 e. The van der Waals surface area contributed by atoms with Gasteiger partial charge < -0.3 is 33.6 Å². The Balaban J connectivity index is 0.000000212. The fraction of sp³-hybridized carbons (Fsp3) is 0.208. The van der Waals surface area contributed by atoms with Gasteiger partial charge in [0.2, 0.25) is 0 Å². The normalized spacial score (nSPS) is 10.7. The predicted octanol–water partition coefficient (Wildman–Crippen LogP) is 8.63. The average molecular weight is 934 g/mol. The van der Waals surface area contributed by atoms with Crippen LogP contribution in [0.15, 0.2) is 142 Å². The van der Waals surface area contributed by atoms with Crippen LogP contribution in [-0.2, 0) is 23.0 Å². The maximum atomic E-state index is 5.79. The molecule has 0 saturated heterocycles. The molecular weight excluding hydrogens is 886 g/mol. The van der Waals surface area contributed by atoms with Crippen LogP contribution in [0.1, 0.15) is 62.2 Å². The monoisotopic (exact) mass is 934 g/mol. The first-order valence-corrected chi connectivity index (χ1v) is 26.1. The Kier molecular flexibility index (Phi) is 15.4. The number of rotatable bonds is 6. The van der Waals surface area contributed by atoms with Crippen LogP contribution in [0, 0.1) is 13.8 Å². The third-order valence-corrected chi connectivity index (χ3v) is 9.33. The van der Waals surface area contributed by atoms with E-state index in [4.69, 9.17) is 8.83 Å². The summed E-state index contributed by atoms with van der Waals surface area (Å²) in [5.41, 5.74) is 10.4. The van der Waals surface area contributed by atoms with Crippen molar-refractivity contribution in [2.75, 3.05) is 0 Å². The van der Waals surface area contributed by atoms with E-state index >= 15 is 0 Å². The van der Waals surface area contributed by atoms with Gasteiger partial charge in [-0.15, -0.1) is 57.9 Å². The zero-order valence-corrected chi connectivity index (χ0v) is 38.5. The second-order valence-electron chi connectivity index (χ2n) is 14.5. The van der Waals surface area contributed by atoms with Gasteiger partial charge in [0.05, 0.1) is 23.0 Å². The summed E-state index contributed by atoms with van der Waals surface area (Å²) in [6.45, 7) is 17.5. The number of aryl methyl sites for hydroxylation is 2. The summed E-state index contributed by atoms with van der Waals surface area (Å²) in [4.78, 5) is 0. The van der Waals surface area contributed by atoms with E-state index in [0.717, 1.165) is 34.2 Å². The molecule has 2 heterocycles. The summed E-state index contributed by atoms with van der Waals surface area (Å²) in [6.07, 6.45) is 0. The van der Waals surface area contributed by atoms with Crippen LogP contribution in [0.2, 0.25) is 13.1 Å². The quantitative estimate of drug-likeness (QED) is 0.123. The van der Waals surface area contributed by atoms with E-state index in [-0.39, 0.29) is 30.3 Å². The van der Waals surface area contributed by atoms with Crippen molar-refractivity contribution in [3.63, 3.8) is 0 Å². The topological polar surface area (TPSA) is 26.3 Å². The van der Waals surface area contributed by atoms with E-state index in [1.165, 1.54) is 77.9 Å². The number of halogens is 2. The van der Waals surface area contributed by atoms with Gasteiger partial charge in [0.15, 0.2) is 0 Å². The molecule has 54 heavy (non-hydrogen) atoms. The van der Waals surface area contributed by atoms with Crippen LogP contribution in [0.5, 0.6) is 0 Å². The van der Waals surface area contributed by atoms with Crippen molar-refractivity contribution in [2.45, 2.75) is 66.5 Å². The minimum absolute atomic E-state index is 0. The van der Waals surface area contributed by atoms with Crippen LogP contribution >= 0.6 is 0 Å². The molecule has 0 bridgehead atoms. The fourth-order valence-electron chi connectivity index (χ4n) is 6.53. The van der Waals surface area contributed by atoms with Crippen molar-refractivity contribution in [3.05, 3.63) is 156 Å². The fourth-order valence-corrected chi connectivity index (χ4v) is 6.53. The molecule has 0 N–H and O–H groups in total.